The minimum absolute atomic E-state index is 0.00688. The number of sulfonamides is 1. The molecule has 2 aliphatic heterocycles. The van der Waals surface area contributed by atoms with Crippen molar-refractivity contribution < 1.29 is 49.5 Å². The number of carboxylic acids is 1. The van der Waals surface area contributed by atoms with E-state index in [1.54, 1.807) is 0 Å². The van der Waals surface area contributed by atoms with Gasteiger partial charge in [-0.1, -0.05) is 11.8 Å². The molecule has 1 aromatic rings. The predicted octanol–water partition coefficient (Wildman–Crippen LogP) is -1.68. The third-order valence-electron chi connectivity index (χ3n) is 4.99. The summed E-state index contributed by atoms with van der Waals surface area (Å²) in [6, 6.07) is -1.36. The van der Waals surface area contributed by atoms with Gasteiger partial charge in [-0.25, -0.2) is 31.5 Å². The molecule has 0 aromatic carbocycles. The van der Waals surface area contributed by atoms with Crippen LogP contribution in [0.25, 0.3) is 0 Å². The number of hydrogen-bond donors (Lipinski definition) is 4. The van der Waals surface area contributed by atoms with Crippen LogP contribution in [0.15, 0.2) is 16.4 Å². The number of halogens is 3. The lowest BCUT2D eigenvalue weighted by molar-refractivity contribution is -0.150. The van der Waals surface area contributed by atoms with Crippen LogP contribution in [0.5, 0.6) is 0 Å². The zero-order chi connectivity index (χ0) is 28.5. The van der Waals surface area contributed by atoms with E-state index in [1.807, 2.05) is 0 Å². The number of thioether (sulfide) groups is 2. The van der Waals surface area contributed by atoms with E-state index in [1.165, 1.54) is 0 Å². The third kappa shape index (κ3) is 7.80. The molecule has 1 fully saturated rings. The molecule has 0 saturated carbocycles. The largest absolute Gasteiger partial charge is 0.477 e. The molecular formula is C16H20F3N7O8S4. The number of amides is 2. The van der Waals surface area contributed by atoms with E-state index >= 15 is 0 Å². The van der Waals surface area contributed by atoms with Gasteiger partial charge in [0.2, 0.25) is 21.1 Å². The molecule has 2 aliphatic rings. The Bertz CT molecular complexity index is 1330. The van der Waals surface area contributed by atoms with Crippen molar-refractivity contribution >= 4 is 61.2 Å². The molecule has 212 valence electrons. The number of fused-ring (bicyclic) bond motifs is 1. The number of carbonyl (C=O) groups excluding carboxylic acids is 2. The maximum absolute atomic E-state index is 12.8. The lowest BCUT2D eigenvalue weighted by Crippen LogP contribution is -2.71. The van der Waals surface area contributed by atoms with Crippen LogP contribution in [-0.2, 0) is 34.2 Å². The summed E-state index contributed by atoms with van der Waals surface area (Å²) in [5, 5.41) is 23.6. The van der Waals surface area contributed by atoms with Crippen molar-refractivity contribution in [3.8, 4) is 0 Å². The van der Waals surface area contributed by atoms with Crippen molar-refractivity contribution in [1.82, 2.24) is 35.6 Å². The molecule has 15 nitrogen and oxygen atoms in total. The second-order valence-corrected chi connectivity index (χ2v) is 14.2. The molecule has 2 amide bonds. The van der Waals surface area contributed by atoms with Crippen molar-refractivity contribution in [1.29, 1.82) is 0 Å². The monoisotopic (exact) mass is 623 g/mol. The fraction of sp³-hybridized carbons (Fsp3) is 0.625. The number of aromatic nitrogens is 4. The number of β-lactam (4-membered cyclic amide) rings is 1. The summed E-state index contributed by atoms with van der Waals surface area (Å²) in [5.41, 5.74) is -0.181. The van der Waals surface area contributed by atoms with Gasteiger partial charge in [-0.2, -0.15) is 13.2 Å². The number of hydrogen-bond acceptors (Lipinski definition) is 12. The first-order valence-corrected chi connectivity index (χ1v) is 15.9. The molecule has 1 saturated heterocycles. The summed E-state index contributed by atoms with van der Waals surface area (Å²) < 4.78 is 85.7. The van der Waals surface area contributed by atoms with Crippen LogP contribution in [0.1, 0.15) is 6.42 Å². The number of tetrazole rings is 1. The Labute approximate surface area is 221 Å². The summed E-state index contributed by atoms with van der Waals surface area (Å²) >= 11 is 2.03. The van der Waals surface area contributed by atoms with Crippen LogP contribution in [-0.4, -0.2) is 118 Å². The Morgan fingerprint density at radius 2 is 2.00 bits per heavy atom. The van der Waals surface area contributed by atoms with Crippen LogP contribution < -0.4 is 10.0 Å². The molecule has 0 aliphatic carbocycles. The topological polar surface area (TPSA) is 221 Å². The zero-order valence-corrected chi connectivity index (χ0v) is 22.4. The highest BCUT2D eigenvalue weighted by Gasteiger charge is 2.55. The van der Waals surface area contributed by atoms with Gasteiger partial charge in [-0.15, -0.1) is 16.9 Å². The first-order chi connectivity index (χ1) is 17.5. The van der Waals surface area contributed by atoms with Gasteiger partial charge in [0.15, 0.2) is 9.84 Å². The molecule has 22 heteroatoms. The molecule has 4 N–H and O–H groups in total. The van der Waals surface area contributed by atoms with Crippen LogP contribution >= 0.6 is 23.5 Å². The molecule has 3 rings (SSSR count). The standard InChI is InChI=1S/C16H20F3N7O8S4/c1-37(31,32)20-3-2-8(36-15-22-24-25-23-15)7-4-35-13-10(12(28)26(13)11(7)14(29)30)21-9(27)5-38(33,34)6-16(17,18)19/h8,10,13,20H,2-6H2,1H3,(H,21,27)(H,29,30)(H,22,23,24,25)/t8?,10-,13+/m1/s1. The van der Waals surface area contributed by atoms with Crippen LogP contribution in [0, 0.1) is 0 Å². The Kier molecular flexibility index (Phi) is 9.00. The zero-order valence-electron chi connectivity index (χ0n) is 19.1. The van der Waals surface area contributed by atoms with Gasteiger partial charge >= 0.3 is 12.1 Å². The molecule has 1 aromatic heterocycles. The number of nitrogens with one attached hydrogen (secondary N) is 3. The fourth-order valence-electron chi connectivity index (χ4n) is 3.62. The molecule has 38 heavy (non-hydrogen) atoms. The second-order valence-electron chi connectivity index (χ2n) is 8.05. The van der Waals surface area contributed by atoms with Crippen molar-refractivity contribution in [3.05, 3.63) is 11.3 Å². The SMILES string of the molecule is CS(=O)(=O)NCCC(Sc1nnn[nH]1)C1=C(C(=O)O)N2C(=O)[C@@H](NC(=O)CS(=O)(=O)CC(F)(F)F)[C@@H]2SC1. The summed E-state index contributed by atoms with van der Waals surface area (Å²) in [6.07, 6.45) is -4.03. The highest BCUT2D eigenvalue weighted by molar-refractivity contribution is 8.01. The summed E-state index contributed by atoms with van der Waals surface area (Å²) in [5.74, 6) is -7.44. The van der Waals surface area contributed by atoms with E-state index in [0.29, 0.717) is 0 Å². The van der Waals surface area contributed by atoms with Gasteiger partial charge in [0, 0.05) is 17.5 Å². The molecule has 3 atom stereocenters. The molecule has 0 bridgehead atoms. The Morgan fingerprint density at radius 3 is 2.55 bits per heavy atom. The van der Waals surface area contributed by atoms with Gasteiger partial charge in [0.1, 0.15) is 28.6 Å². The number of aliphatic carboxylic acids is 1. The van der Waals surface area contributed by atoms with Crippen molar-refractivity contribution in [2.75, 3.05) is 30.1 Å². The van der Waals surface area contributed by atoms with E-state index in [-0.39, 0.29) is 29.4 Å². The van der Waals surface area contributed by atoms with E-state index in [2.05, 4.69) is 30.7 Å². The van der Waals surface area contributed by atoms with E-state index < -0.39 is 77.7 Å². The Morgan fingerprint density at radius 1 is 1.32 bits per heavy atom. The fourth-order valence-corrected chi connectivity index (χ4v) is 7.74. The first-order valence-electron chi connectivity index (χ1n) is 10.3. The number of sulfone groups is 1. The van der Waals surface area contributed by atoms with Crippen molar-refractivity contribution in [2.45, 2.75) is 34.4 Å². The lowest BCUT2D eigenvalue weighted by atomic mass is 10.0. The summed E-state index contributed by atoms with van der Waals surface area (Å²) in [7, 11) is -8.40. The average molecular weight is 624 g/mol. The van der Waals surface area contributed by atoms with Gasteiger partial charge in [0.05, 0.1) is 6.26 Å². The molecule has 0 radical (unpaired) electrons. The predicted molar refractivity (Wildman–Crippen MR) is 126 cm³/mol. The number of carboxylic acid groups (broad SMARTS) is 1. The van der Waals surface area contributed by atoms with Gasteiger partial charge in [-0.3, -0.25) is 14.5 Å². The maximum Gasteiger partial charge on any atom is 0.402 e. The lowest BCUT2D eigenvalue weighted by Gasteiger charge is -2.50. The highest BCUT2D eigenvalue weighted by atomic mass is 32.2. The minimum Gasteiger partial charge on any atom is -0.477 e. The summed E-state index contributed by atoms with van der Waals surface area (Å²) in [6.45, 7) is -0.0818. The smallest absolute Gasteiger partial charge is 0.402 e. The highest BCUT2D eigenvalue weighted by Crippen LogP contribution is 2.44. The van der Waals surface area contributed by atoms with Crippen LogP contribution in [0.2, 0.25) is 0 Å². The van der Waals surface area contributed by atoms with Crippen LogP contribution in [0.3, 0.4) is 0 Å². The number of H-pyrrole nitrogens is 1. The van der Waals surface area contributed by atoms with Crippen molar-refractivity contribution in [3.63, 3.8) is 0 Å². The number of carbonyl (C=O) groups is 3. The number of nitrogens with zero attached hydrogens (tertiary/aromatic N) is 4. The molecular weight excluding hydrogens is 603 g/mol. The van der Waals surface area contributed by atoms with Gasteiger partial charge in [-0.05, 0) is 22.4 Å². The van der Waals surface area contributed by atoms with Crippen LogP contribution in [0.4, 0.5) is 13.2 Å². The quantitative estimate of drug-likeness (QED) is 0.151. The molecule has 0 spiro atoms. The van der Waals surface area contributed by atoms with E-state index in [0.717, 1.165) is 34.7 Å². The summed E-state index contributed by atoms with van der Waals surface area (Å²) in [4.78, 5) is 38.0. The number of aromatic amines is 1. The first kappa shape index (κ1) is 30.1. The normalized spacial score (nSPS) is 21.1. The maximum atomic E-state index is 12.8. The van der Waals surface area contributed by atoms with Gasteiger partial charge in [0.25, 0.3) is 5.91 Å². The van der Waals surface area contributed by atoms with E-state index in [4.69, 9.17) is 0 Å². The minimum atomic E-state index is -5.05. The van der Waals surface area contributed by atoms with Crippen molar-refractivity contribution in [2.24, 2.45) is 0 Å². The Balaban J connectivity index is 1.79. The molecule has 3 heterocycles. The number of alkyl halides is 3. The second kappa shape index (κ2) is 11.4. The van der Waals surface area contributed by atoms with E-state index in [9.17, 15) is 49.5 Å². The average Bonchev–Trinajstić information content (AvgIpc) is 3.25. The number of rotatable bonds is 12. The Hall–Kier alpha value is -2.43. The van der Waals surface area contributed by atoms with Gasteiger partial charge < -0.3 is 10.4 Å². The molecule has 1 unspecified atom stereocenters. The third-order valence-corrected chi connectivity index (χ3v) is 9.69.